The SMILES string of the molecule is OC[C@H]1CC[C@]2(CC3(C[C@@H](COCc4ccccc4)O2)SCCCS3)O1. The Morgan fingerprint density at radius 2 is 1.88 bits per heavy atom. The molecule has 4 nitrogen and oxygen atoms in total. The second-order valence-corrected chi connectivity index (χ2v) is 10.7. The van der Waals surface area contributed by atoms with Crippen molar-refractivity contribution in [2.75, 3.05) is 24.7 Å². The lowest BCUT2D eigenvalue weighted by atomic mass is 9.97. The summed E-state index contributed by atoms with van der Waals surface area (Å²) in [6.45, 7) is 1.28. The molecule has 0 radical (unpaired) electrons. The van der Waals surface area contributed by atoms with Crippen LogP contribution in [-0.2, 0) is 20.8 Å². The molecule has 3 fully saturated rings. The van der Waals surface area contributed by atoms with Crippen molar-refractivity contribution in [3.05, 3.63) is 35.9 Å². The van der Waals surface area contributed by atoms with Crippen LogP contribution in [0.15, 0.2) is 30.3 Å². The van der Waals surface area contributed by atoms with Gasteiger partial charge in [0.15, 0.2) is 5.79 Å². The van der Waals surface area contributed by atoms with E-state index >= 15 is 0 Å². The monoisotopic (exact) mass is 396 g/mol. The lowest BCUT2D eigenvalue weighted by Crippen LogP contribution is -2.52. The summed E-state index contributed by atoms with van der Waals surface area (Å²) >= 11 is 4.15. The van der Waals surface area contributed by atoms with Crippen LogP contribution in [0.1, 0.15) is 37.7 Å². The summed E-state index contributed by atoms with van der Waals surface area (Å²) in [7, 11) is 0. The van der Waals surface area contributed by atoms with Crippen LogP contribution >= 0.6 is 23.5 Å². The van der Waals surface area contributed by atoms with Gasteiger partial charge >= 0.3 is 0 Å². The van der Waals surface area contributed by atoms with E-state index in [1.807, 2.05) is 18.2 Å². The van der Waals surface area contributed by atoms with E-state index in [0.717, 1.165) is 25.7 Å². The van der Waals surface area contributed by atoms with Crippen LogP contribution in [0.4, 0.5) is 0 Å². The lowest BCUT2D eigenvalue weighted by molar-refractivity contribution is -0.279. The van der Waals surface area contributed by atoms with Crippen molar-refractivity contribution < 1.29 is 19.3 Å². The van der Waals surface area contributed by atoms with Crippen LogP contribution in [-0.4, -0.2) is 51.9 Å². The molecule has 6 heteroatoms. The predicted octanol–water partition coefficient (Wildman–Crippen LogP) is 3.82. The number of thioether (sulfide) groups is 2. The lowest BCUT2D eigenvalue weighted by Gasteiger charge is -2.49. The highest BCUT2D eigenvalue weighted by molar-refractivity contribution is 8.18. The van der Waals surface area contributed by atoms with Crippen LogP contribution in [0.5, 0.6) is 0 Å². The fourth-order valence-electron chi connectivity index (χ4n) is 4.18. The topological polar surface area (TPSA) is 47.9 Å². The van der Waals surface area contributed by atoms with E-state index in [1.165, 1.54) is 23.5 Å². The van der Waals surface area contributed by atoms with Crippen LogP contribution in [0.25, 0.3) is 0 Å². The van der Waals surface area contributed by atoms with Crippen LogP contribution in [0, 0.1) is 0 Å². The summed E-state index contributed by atoms with van der Waals surface area (Å²) in [5.41, 5.74) is 1.19. The molecule has 3 aliphatic heterocycles. The molecule has 26 heavy (non-hydrogen) atoms. The fraction of sp³-hybridized carbons (Fsp3) is 0.700. The molecule has 0 saturated carbocycles. The first-order chi connectivity index (χ1) is 12.7. The molecule has 0 amide bonds. The Morgan fingerprint density at radius 3 is 2.62 bits per heavy atom. The highest BCUT2D eigenvalue weighted by Gasteiger charge is 2.54. The first kappa shape index (κ1) is 19.1. The van der Waals surface area contributed by atoms with Gasteiger partial charge in [0.05, 0.1) is 36.1 Å². The molecule has 3 saturated heterocycles. The van der Waals surface area contributed by atoms with Gasteiger partial charge in [-0.25, -0.2) is 0 Å². The van der Waals surface area contributed by atoms with Crippen molar-refractivity contribution in [1.82, 2.24) is 0 Å². The van der Waals surface area contributed by atoms with Crippen LogP contribution in [0.2, 0.25) is 0 Å². The Bertz CT molecular complexity index is 578. The van der Waals surface area contributed by atoms with Crippen LogP contribution < -0.4 is 0 Å². The Kier molecular flexibility index (Phi) is 6.18. The number of hydrogen-bond donors (Lipinski definition) is 1. The van der Waals surface area contributed by atoms with Crippen molar-refractivity contribution in [3.63, 3.8) is 0 Å². The molecule has 0 unspecified atom stereocenters. The van der Waals surface area contributed by atoms with E-state index in [0.29, 0.717) is 13.2 Å². The molecule has 144 valence electrons. The van der Waals surface area contributed by atoms with Gasteiger partial charge in [-0.1, -0.05) is 30.3 Å². The zero-order chi connectivity index (χ0) is 17.9. The van der Waals surface area contributed by atoms with Crippen molar-refractivity contribution >= 4 is 23.5 Å². The minimum absolute atomic E-state index is 0.0444. The molecular weight excluding hydrogens is 368 g/mol. The molecular formula is C20H28O4S2. The van der Waals surface area contributed by atoms with E-state index in [4.69, 9.17) is 14.2 Å². The quantitative estimate of drug-likeness (QED) is 0.817. The van der Waals surface area contributed by atoms with Gasteiger partial charge < -0.3 is 19.3 Å². The number of aliphatic hydroxyl groups excluding tert-OH is 1. The molecule has 3 atom stereocenters. The summed E-state index contributed by atoms with van der Waals surface area (Å²) < 4.78 is 18.8. The van der Waals surface area contributed by atoms with Gasteiger partial charge in [0.2, 0.25) is 0 Å². The Labute approximate surface area is 164 Å². The second-order valence-electron chi connectivity index (χ2n) is 7.45. The maximum Gasteiger partial charge on any atom is 0.171 e. The zero-order valence-corrected chi connectivity index (χ0v) is 16.7. The van der Waals surface area contributed by atoms with Gasteiger partial charge in [0.25, 0.3) is 0 Å². The molecule has 2 spiro atoms. The summed E-state index contributed by atoms with van der Waals surface area (Å²) in [6.07, 6.45) is 4.90. The van der Waals surface area contributed by atoms with Crippen LogP contribution in [0.3, 0.4) is 0 Å². The molecule has 1 aromatic rings. The van der Waals surface area contributed by atoms with E-state index in [9.17, 15) is 5.11 Å². The summed E-state index contributed by atoms with van der Waals surface area (Å²) in [5.74, 6) is 1.89. The average molecular weight is 397 g/mol. The van der Waals surface area contributed by atoms with Gasteiger partial charge in [-0.2, -0.15) is 0 Å². The number of hydrogen-bond acceptors (Lipinski definition) is 6. The first-order valence-corrected chi connectivity index (χ1v) is 11.5. The Hall–Kier alpha value is -0.240. The largest absolute Gasteiger partial charge is 0.394 e. The standard InChI is InChI=1S/C20H28O4S2/c21-12-17-7-8-19(23-17)15-20(25-9-4-10-26-20)11-18(24-19)14-22-13-16-5-2-1-3-6-16/h1-3,5-6,17-18,21H,4,7-15H2/t17-,18+,19+/m1/s1. The summed E-state index contributed by atoms with van der Waals surface area (Å²) in [6, 6.07) is 10.3. The van der Waals surface area contributed by atoms with Gasteiger partial charge in [0.1, 0.15) is 0 Å². The smallest absolute Gasteiger partial charge is 0.171 e. The summed E-state index contributed by atoms with van der Waals surface area (Å²) in [4.78, 5) is 0. The minimum atomic E-state index is -0.538. The molecule has 3 heterocycles. The second kappa shape index (κ2) is 8.41. The van der Waals surface area contributed by atoms with E-state index in [-0.39, 0.29) is 22.9 Å². The van der Waals surface area contributed by atoms with Crippen molar-refractivity contribution in [1.29, 1.82) is 0 Å². The molecule has 1 N–H and O–H groups in total. The fourth-order valence-corrected chi connectivity index (χ4v) is 7.77. The van der Waals surface area contributed by atoms with E-state index in [1.54, 1.807) is 0 Å². The van der Waals surface area contributed by atoms with Crippen molar-refractivity contribution in [3.8, 4) is 0 Å². The Balaban J connectivity index is 1.41. The predicted molar refractivity (Wildman–Crippen MR) is 106 cm³/mol. The third-order valence-electron chi connectivity index (χ3n) is 5.33. The van der Waals surface area contributed by atoms with Crippen molar-refractivity contribution in [2.24, 2.45) is 0 Å². The molecule has 4 rings (SSSR count). The summed E-state index contributed by atoms with van der Waals surface area (Å²) in [5, 5.41) is 9.50. The maximum absolute atomic E-state index is 9.50. The van der Waals surface area contributed by atoms with Gasteiger partial charge in [0, 0.05) is 12.8 Å². The molecule has 0 aromatic heterocycles. The average Bonchev–Trinajstić information content (AvgIpc) is 3.04. The van der Waals surface area contributed by atoms with Gasteiger partial charge in [-0.3, -0.25) is 0 Å². The van der Waals surface area contributed by atoms with Crippen molar-refractivity contribution in [2.45, 2.75) is 60.8 Å². The normalized spacial score (nSPS) is 33.7. The molecule has 0 bridgehead atoms. The highest BCUT2D eigenvalue weighted by atomic mass is 32.2. The van der Waals surface area contributed by atoms with E-state index in [2.05, 4.69) is 35.7 Å². The third-order valence-corrected chi connectivity index (χ3v) is 8.69. The minimum Gasteiger partial charge on any atom is -0.394 e. The van der Waals surface area contributed by atoms with Gasteiger partial charge in [-0.15, -0.1) is 23.5 Å². The molecule has 1 aromatic carbocycles. The number of benzene rings is 1. The number of aliphatic hydroxyl groups is 1. The number of rotatable bonds is 5. The number of ether oxygens (including phenoxy) is 3. The van der Waals surface area contributed by atoms with Gasteiger partial charge in [-0.05, 0) is 36.3 Å². The zero-order valence-electron chi connectivity index (χ0n) is 15.1. The Morgan fingerprint density at radius 1 is 1.12 bits per heavy atom. The molecule has 3 aliphatic rings. The first-order valence-electron chi connectivity index (χ1n) is 9.57. The van der Waals surface area contributed by atoms with E-state index < -0.39 is 5.79 Å². The highest BCUT2D eigenvalue weighted by Crippen LogP contribution is 2.56. The third kappa shape index (κ3) is 4.42. The maximum atomic E-state index is 9.50. The molecule has 0 aliphatic carbocycles.